The first-order valence-corrected chi connectivity index (χ1v) is 7.10. The second-order valence-corrected chi connectivity index (χ2v) is 5.08. The van der Waals surface area contributed by atoms with E-state index in [-0.39, 0.29) is 11.7 Å². The molecular weight excluding hydrogens is 290 g/mol. The molecule has 2 N–H and O–H groups in total. The van der Waals surface area contributed by atoms with E-state index in [1.165, 1.54) is 11.8 Å². The number of amides is 1. The Hall–Kier alpha value is -2.28. The molecule has 0 spiro atoms. The highest BCUT2D eigenvalue weighted by molar-refractivity contribution is 7.99. The Labute approximate surface area is 126 Å². The maximum atomic E-state index is 10.7. The molecule has 6 nitrogen and oxygen atoms in total. The van der Waals surface area contributed by atoms with E-state index in [0.717, 1.165) is 5.56 Å². The van der Waals surface area contributed by atoms with Crippen LogP contribution in [0, 0.1) is 0 Å². The van der Waals surface area contributed by atoms with E-state index in [2.05, 4.69) is 10.2 Å². The maximum absolute atomic E-state index is 10.7. The minimum atomic E-state index is -0.384. The van der Waals surface area contributed by atoms with Crippen LogP contribution in [-0.2, 0) is 4.79 Å². The van der Waals surface area contributed by atoms with Crippen molar-refractivity contribution in [1.82, 2.24) is 10.2 Å². The molecule has 21 heavy (non-hydrogen) atoms. The zero-order valence-electron chi connectivity index (χ0n) is 11.7. The first kappa shape index (κ1) is 15.1. The summed E-state index contributed by atoms with van der Waals surface area (Å²) in [5.41, 5.74) is 6.66. The van der Waals surface area contributed by atoms with Crippen LogP contribution in [0.5, 0.6) is 11.5 Å². The van der Waals surface area contributed by atoms with Crippen molar-refractivity contribution in [3.8, 4) is 22.8 Å². The van der Waals surface area contributed by atoms with Crippen LogP contribution < -0.4 is 15.2 Å². The van der Waals surface area contributed by atoms with Crippen molar-refractivity contribution < 1.29 is 14.3 Å². The number of rotatable bonds is 6. The fourth-order valence-corrected chi connectivity index (χ4v) is 2.24. The number of carbonyl (C=O) groups excluding carboxylic acids is 1. The van der Waals surface area contributed by atoms with Crippen LogP contribution >= 0.6 is 11.8 Å². The van der Waals surface area contributed by atoms with Crippen LogP contribution in [-0.4, -0.2) is 36.1 Å². The summed E-state index contributed by atoms with van der Waals surface area (Å²) in [7, 11) is 3.17. The standard InChI is InChI=1S/C14H15N3O3S/c1-19-11-5-3-9(7-12(11)20-2)10-4-6-14(17-16-10)21-8-13(15)18/h3-7H,8H2,1-2H3,(H2,15,18). The average Bonchev–Trinajstić information content (AvgIpc) is 2.52. The topological polar surface area (TPSA) is 87.3 Å². The van der Waals surface area contributed by atoms with E-state index in [1.807, 2.05) is 24.3 Å². The highest BCUT2D eigenvalue weighted by atomic mass is 32.2. The normalized spacial score (nSPS) is 10.2. The van der Waals surface area contributed by atoms with Gasteiger partial charge in [0.25, 0.3) is 0 Å². The number of nitrogens with two attached hydrogens (primary N) is 1. The first-order chi connectivity index (χ1) is 10.1. The van der Waals surface area contributed by atoms with E-state index in [9.17, 15) is 4.79 Å². The van der Waals surface area contributed by atoms with Gasteiger partial charge in [-0.25, -0.2) is 0 Å². The van der Waals surface area contributed by atoms with Gasteiger partial charge in [-0.3, -0.25) is 4.79 Å². The highest BCUT2D eigenvalue weighted by Crippen LogP contribution is 2.31. The second kappa shape index (κ2) is 6.94. The molecule has 0 saturated carbocycles. The first-order valence-electron chi connectivity index (χ1n) is 6.11. The molecule has 0 aliphatic rings. The molecule has 1 amide bonds. The van der Waals surface area contributed by atoms with Crippen LogP contribution in [0.15, 0.2) is 35.4 Å². The molecule has 0 aliphatic carbocycles. The van der Waals surface area contributed by atoms with Crippen molar-refractivity contribution in [1.29, 1.82) is 0 Å². The lowest BCUT2D eigenvalue weighted by molar-refractivity contribution is -0.115. The molecule has 110 valence electrons. The van der Waals surface area contributed by atoms with E-state index < -0.39 is 0 Å². The second-order valence-electron chi connectivity index (χ2n) is 4.08. The van der Waals surface area contributed by atoms with Crippen molar-refractivity contribution in [2.24, 2.45) is 5.73 Å². The smallest absolute Gasteiger partial charge is 0.227 e. The third-order valence-electron chi connectivity index (χ3n) is 2.68. The molecule has 1 heterocycles. The largest absolute Gasteiger partial charge is 0.493 e. The van der Waals surface area contributed by atoms with Gasteiger partial charge in [0.05, 0.1) is 25.7 Å². The molecule has 2 rings (SSSR count). The van der Waals surface area contributed by atoms with Crippen molar-refractivity contribution in [2.45, 2.75) is 5.03 Å². The molecule has 0 bridgehead atoms. The lowest BCUT2D eigenvalue weighted by atomic mass is 10.1. The van der Waals surface area contributed by atoms with E-state index >= 15 is 0 Å². The zero-order valence-corrected chi connectivity index (χ0v) is 12.5. The summed E-state index contributed by atoms with van der Waals surface area (Å²) in [6.45, 7) is 0. The third kappa shape index (κ3) is 3.85. The molecule has 0 atom stereocenters. The SMILES string of the molecule is COc1ccc(-c2ccc(SCC(N)=O)nn2)cc1OC. The third-order valence-corrected chi connectivity index (χ3v) is 3.62. The van der Waals surface area contributed by atoms with Crippen LogP contribution in [0.3, 0.4) is 0 Å². The fraction of sp³-hybridized carbons (Fsp3) is 0.214. The minimum Gasteiger partial charge on any atom is -0.493 e. The number of hydrogen-bond donors (Lipinski definition) is 1. The number of carbonyl (C=O) groups is 1. The van der Waals surface area contributed by atoms with Gasteiger partial charge in [-0.1, -0.05) is 11.8 Å². The van der Waals surface area contributed by atoms with Crippen molar-refractivity contribution in [3.63, 3.8) is 0 Å². The van der Waals surface area contributed by atoms with Gasteiger partial charge in [0, 0.05) is 5.56 Å². The number of benzene rings is 1. The molecule has 0 aliphatic heterocycles. The number of aromatic nitrogens is 2. The van der Waals surface area contributed by atoms with Gasteiger partial charge in [0.15, 0.2) is 11.5 Å². The molecular formula is C14H15N3O3S. The lowest BCUT2D eigenvalue weighted by Crippen LogP contribution is -2.13. The lowest BCUT2D eigenvalue weighted by Gasteiger charge is -2.09. The Morgan fingerprint density at radius 2 is 1.90 bits per heavy atom. The van der Waals surface area contributed by atoms with Gasteiger partial charge in [0.2, 0.25) is 5.91 Å². The molecule has 0 saturated heterocycles. The van der Waals surface area contributed by atoms with E-state index in [0.29, 0.717) is 22.2 Å². The predicted molar refractivity (Wildman–Crippen MR) is 80.5 cm³/mol. The van der Waals surface area contributed by atoms with E-state index in [1.54, 1.807) is 20.3 Å². The van der Waals surface area contributed by atoms with Crippen LogP contribution in [0.2, 0.25) is 0 Å². The Bertz CT molecular complexity index is 632. The monoisotopic (exact) mass is 305 g/mol. The number of thioether (sulfide) groups is 1. The molecule has 1 aromatic carbocycles. The van der Waals surface area contributed by atoms with Gasteiger partial charge in [-0.05, 0) is 30.3 Å². The fourth-order valence-electron chi connectivity index (χ4n) is 1.69. The number of hydrogen-bond acceptors (Lipinski definition) is 6. The Kier molecular flexibility index (Phi) is 4.99. The van der Waals surface area contributed by atoms with Crippen LogP contribution in [0.25, 0.3) is 11.3 Å². The molecule has 0 unspecified atom stereocenters. The van der Waals surface area contributed by atoms with Gasteiger partial charge in [-0.15, -0.1) is 10.2 Å². The summed E-state index contributed by atoms with van der Waals surface area (Å²) < 4.78 is 10.5. The summed E-state index contributed by atoms with van der Waals surface area (Å²) in [4.78, 5) is 10.7. The van der Waals surface area contributed by atoms with Gasteiger partial charge >= 0.3 is 0 Å². The van der Waals surface area contributed by atoms with Crippen LogP contribution in [0.4, 0.5) is 0 Å². The zero-order chi connectivity index (χ0) is 15.2. The average molecular weight is 305 g/mol. The van der Waals surface area contributed by atoms with E-state index in [4.69, 9.17) is 15.2 Å². The van der Waals surface area contributed by atoms with Crippen LogP contribution in [0.1, 0.15) is 0 Å². The Balaban J connectivity index is 2.20. The maximum Gasteiger partial charge on any atom is 0.227 e. The quantitative estimate of drug-likeness (QED) is 0.818. The number of nitrogens with zero attached hydrogens (tertiary/aromatic N) is 2. The Morgan fingerprint density at radius 1 is 1.14 bits per heavy atom. The number of methoxy groups -OCH3 is 2. The molecule has 2 aromatic rings. The van der Waals surface area contributed by atoms with Crippen molar-refractivity contribution in [2.75, 3.05) is 20.0 Å². The summed E-state index contributed by atoms with van der Waals surface area (Å²) in [6, 6.07) is 9.15. The molecule has 0 fully saturated rings. The van der Waals surface area contributed by atoms with Gasteiger partial charge in [0.1, 0.15) is 5.03 Å². The minimum absolute atomic E-state index is 0.185. The highest BCUT2D eigenvalue weighted by Gasteiger charge is 2.08. The number of primary amides is 1. The Morgan fingerprint density at radius 3 is 2.48 bits per heavy atom. The summed E-state index contributed by atoms with van der Waals surface area (Å²) >= 11 is 1.25. The van der Waals surface area contributed by atoms with Gasteiger partial charge < -0.3 is 15.2 Å². The summed E-state index contributed by atoms with van der Waals surface area (Å²) in [5.74, 6) is 1.09. The number of ether oxygens (including phenoxy) is 2. The molecule has 0 radical (unpaired) electrons. The molecule has 7 heteroatoms. The summed E-state index contributed by atoms with van der Waals surface area (Å²) in [5, 5.41) is 8.85. The van der Waals surface area contributed by atoms with Crippen molar-refractivity contribution >= 4 is 17.7 Å². The van der Waals surface area contributed by atoms with Crippen molar-refractivity contribution in [3.05, 3.63) is 30.3 Å². The molecule has 1 aromatic heterocycles. The summed E-state index contributed by atoms with van der Waals surface area (Å²) in [6.07, 6.45) is 0. The predicted octanol–water partition coefficient (Wildman–Crippen LogP) is 1.74. The van der Waals surface area contributed by atoms with Gasteiger partial charge in [-0.2, -0.15) is 0 Å².